The van der Waals surface area contributed by atoms with Crippen molar-refractivity contribution in [3.05, 3.63) is 61.5 Å². The molecule has 1 aliphatic rings. The van der Waals surface area contributed by atoms with E-state index in [4.69, 9.17) is 4.74 Å². The Morgan fingerprint density at radius 2 is 1.83 bits per heavy atom. The van der Waals surface area contributed by atoms with Gasteiger partial charge in [0.1, 0.15) is 0 Å². The smallest absolute Gasteiger partial charge is 0.268 e. The summed E-state index contributed by atoms with van der Waals surface area (Å²) in [5.41, 5.74) is 3.45. The van der Waals surface area contributed by atoms with Gasteiger partial charge in [0, 0.05) is 16.8 Å². The van der Waals surface area contributed by atoms with Gasteiger partial charge in [-0.05, 0) is 30.5 Å². The average Bonchev–Trinajstić information content (AvgIpc) is 2.84. The molecule has 126 valence electrons. The zero-order chi connectivity index (χ0) is 17.5. The van der Waals surface area contributed by atoms with Gasteiger partial charge >= 0.3 is 0 Å². The molecule has 4 nitrogen and oxygen atoms in total. The summed E-state index contributed by atoms with van der Waals surface area (Å²) in [5.74, 6) is 0.229. The molecule has 0 radical (unpaired) electrons. The average molecular weight is 325 g/mol. The largest absolute Gasteiger partial charge is 0.489 e. The third kappa shape index (κ3) is 2.29. The summed E-state index contributed by atoms with van der Waals surface area (Å²) in [4.78, 5) is 24.1. The summed E-state index contributed by atoms with van der Waals surface area (Å²) in [6, 6.07) is 8.16. The van der Waals surface area contributed by atoms with Crippen LogP contribution in [0, 0.1) is 0 Å². The molecule has 0 aliphatic carbocycles. The van der Waals surface area contributed by atoms with Crippen LogP contribution in [0.15, 0.2) is 39.6 Å². The predicted molar refractivity (Wildman–Crippen MR) is 97.4 cm³/mol. The fourth-order valence-electron chi connectivity index (χ4n) is 3.57. The lowest BCUT2D eigenvalue weighted by Gasteiger charge is -2.25. The topological polar surface area (TPSA) is 55.4 Å². The molecule has 0 amide bonds. The van der Waals surface area contributed by atoms with Crippen LogP contribution < -0.4 is 20.9 Å². The second-order valence-corrected chi connectivity index (χ2v) is 6.69. The molecule has 4 heteroatoms. The van der Waals surface area contributed by atoms with E-state index in [2.05, 4.69) is 32.2 Å². The minimum atomic E-state index is -0.505. The monoisotopic (exact) mass is 325 g/mol. The summed E-state index contributed by atoms with van der Waals surface area (Å²) in [6.45, 7) is 8.55. The number of hydrogen-bond acceptors (Lipinski definition) is 4. The second-order valence-electron chi connectivity index (χ2n) is 6.69. The quantitative estimate of drug-likeness (QED) is 0.854. The minimum absolute atomic E-state index is 0.229. The fraction of sp³-hybridized carbons (Fsp3) is 0.400. The molecule has 0 saturated carbocycles. The second kappa shape index (κ2) is 5.93. The Morgan fingerprint density at radius 1 is 1.12 bits per heavy atom. The van der Waals surface area contributed by atoms with Crippen LogP contribution in [0.5, 0.6) is 5.75 Å². The zero-order valence-electron chi connectivity index (χ0n) is 14.7. The van der Waals surface area contributed by atoms with Crippen molar-refractivity contribution in [3.63, 3.8) is 0 Å². The maximum atomic E-state index is 12.3. The number of hydrogen-bond donors (Lipinski definition) is 1. The maximum Gasteiger partial charge on any atom is 0.268 e. The summed E-state index contributed by atoms with van der Waals surface area (Å²) in [7, 11) is 0. The lowest BCUT2D eigenvalue weighted by atomic mass is 9.79. The number of nitrogens with one attached hydrogen (secondary N) is 1. The van der Waals surface area contributed by atoms with Crippen molar-refractivity contribution in [2.75, 3.05) is 11.9 Å². The molecule has 2 aromatic rings. The van der Waals surface area contributed by atoms with Crippen molar-refractivity contribution in [2.24, 2.45) is 0 Å². The van der Waals surface area contributed by atoms with Crippen molar-refractivity contribution >= 4 is 11.3 Å². The molecular formula is C20H23NO3. The van der Waals surface area contributed by atoms with Crippen LogP contribution in [0.2, 0.25) is 0 Å². The molecule has 0 aromatic heterocycles. The molecule has 0 unspecified atom stereocenters. The van der Waals surface area contributed by atoms with E-state index in [1.807, 2.05) is 25.1 Å². The van der Waals surface area contributed by atoms with E-state index in [0.29, 0.717) is 12.2 Å². The lowest BCUT2D eigenvalue weighted by molar-refractivity contribution is 0.331. The third-order valence-corrected chi connectivity index (χ3v) is 4.74. The van der Waals surface area contributed by atoms with Gasteiger partial charge in [-0.15, -0.1) is 0 Å². The van der Waals surface area contributed by atoms with Crippen molar-refractivity contribution < 1.29 is 4.74 Å². The molecule has 1 aliphatic heterocycles. The lowest BCUT2D eigenvalue weighted by Crippen LogP contribution is -2.37. The first-order valence-electron chi connectivity index (χ1n) is 8.50. The van der Waals surface area contributed by atoms with Gasteiger partial charge in [0.2, 0.25) is 5.43 Å². The van der Waals surface area contributed by atoms with Crippen LogP contribution in [0.25, 0.3) is 5.57 Å². The van der Waals surface area contributed by atoms with Crippen molar-refractivity contribution in [1.82, 2.24) is 0 Å². The Labute approximate surface area is 141 Å². The van der Waals surface area contributed by atoms with Crippen LogP contribution >= 0.6 is 0 Å². The van der Waals surface area contributed by atoms with E-state index in [-0.39, 0.29) is 11.2 Å². The molecule has 24 heavy (non-hydrogen) atoms. The van der Waals surface area contributed by atoms with Crippen molar-refractivity contribution in [1.29, 1.82) is 0 Å². The molecule has 0 bridgehead atoms. The van der Waals surface area contributed by atoms with Crippen LogP contribution in [0.4, 0.5) is 5.69 Å². The number of anilines is 1. The molecule has 3 rings (SSSR count). The predicted octanol–water partition coefficient (Wildman–Crippen LogP) is 3.60. The van der Waals surface area contributed by atoms with E-state index < -0.39 is 10.9 Å². The van der Waals surface area contributed by atoms with Crippen LogP contribution in [-0.2, 0) is 5.41 Å². The zero-order valence-corrected chi connectivity index (χ0v) is 14.7. The normalized spacial score (nSPS) is 17.5. The molecule has 0 saturated heterocycles. The van der Waals surface area contributed by atoms with E-state index in [0.717, 1.165) is 29.8 Å². The number of para-hydroxylation sites is 1. The van der Waals surface area contributed by atoms with Crippen LogP contribution in [-0.4, -0.2) is 6.61 Å². The Hall–Kier alpha value is -2.36. The molecule has 1 heterocycles. The van der Waals surface area contributed by atoms with E-state index in [1.165, 1.54) is 5.56 Å². The van der Waals surface area contributed by atoms with E-state index in [9.17, 15) is 9.59 Å². The van der Waals surface area contributed by atoms with Crippen molar-refractivity contribution in [2.45, 2.75) is 46.0 Å². The standard InChI is InChI=1S/C20H23NO3/c1-5-9-12(15-16(22)17(23)18(15)24-6-2)19-20(3,4)13-10-7-8-11-14(13)21-19/h7-8,10-11,21H,5-6,9H2,1-4H3. The number of benzene rings is 1. The van der Waals surface area contributed by atoms with Gasteiger partial charge in [0.05, 0.1) is 12.2 Å². The SMILES string of the molecule is CCCC(=C1Nc2ccccc2C1(C)C)c1c(OCC)c(=O)c1=O. The fourth-order valence-corrected chi connectivity index (χ4v) is 3.57. The summed E-state index contributed by atoms with van der Waals surface area (Å²) in [5, 5.41) is 3.48. The molecule has 0 fully saturated rings. The van der Waals surface area contributed by atoms with Gasteiger partial charge in [0.25, 0.3) is 5.43 Å². The van der Waals surface area contributed by atoms with Gasteiger partial charge in [-0.25, -0.2) is 0 Å². The Kier molecular flexibility index (Phi) is 4.08. The molecule has 0 atom stereocenters. The minimum Gasteiger partial charge on any atom is -0.489 e. The van der Waals surface area contributed by atoms with E-state index in [1.54, 1.807) is 0 Å². The molecule has 1 N–H and O–H groups in total. The van der Waals surface area contributed by atoms with Crippen LogP contribution in [0.1, 0.15) is 51.7 Å². The highest BCUT2D eigenvalue weighted by Crippen LogP contribution is 2.47. The van der Waals surface area contributed by atoms with Gasteiger partial charge in [-0.3, -0.25) is 9.59 Å². The molecule has 2 aromatic carbocycles. The number of rotatable bonds is 5. The Balaban J connectivity index is 2.20. The van der Waals surface area contributed by atoms with Gasteiger partial charge in [0.15, 0.2) is 5.75 Å². The third-order valence-electron chi connectivity index (χ3n) is 4.74. The van der Waals surface area contributed by atoms with E-state index >= 15 is 0 Å². The first kappa shape index (κ1) is 16.5. The van der Waals surface area contributed by atoms with Gasteiger partial charge < -0.3 is 10.1 Å². The molecule has 0 spiro atoms. The number of allylic oxidation sites excluding steroid dienone is 2. The first-order chi connectivity index (χ1) is 11.4. The highest BCUT2D eigenvalue weighted by Gasteiger charge is 2.38. The highest BCUT2D eigenvalue weighted by atomic mass is 16.5. The Bertz CT molecular complexity index is 883. The Morgan fingerprint density at radius 3 is 2.46 bits per heavy atom. The maximum absolute atomic E-state index is 12.3. The van der Waals surface area contributed by atoms with Gasteiger partial charge in [-0.1, -0.05) is 45.4 Å². The number of fused-ring (bicyclic) bond motifs is 1. The van der Waals surface area contributed by atoms with Gasteiger partial charge in [-0.2, -0.15) is 0 Å². The summed E-state index contributed by atoms with van der Waals surface area (Å²) < 4.78 is 5.45. The summed E-state index contributed by atoms with van der Waals surface area (Å²) in [6.07, 6.45) is 1.61. The number of ether oxygens (including phenoxy) is 1. The van der Waals surface area contributed by atoms with Crippen LogP contribution in [0.3, 0.4) is 0 Å². The molecular weight excluding hydrogens is 302 g/mol. The summed E-state index contributed by atoms with van der Waals surface area (Å²) >= 11 is 0. The van der Waals surface area contributed by atoms with Crippen molar-refractivity contribution in [3.8, 4) is 5.75 Å². The highest BCUT2D eigenvalue weighted by molar-refractivity contribution is 5.83. The first-order valence-corrected chi connectivity index (χ1v) is 8.50.